The number of aryl methyl sites for hydroxylation is 1. The van der Waals surface area contributed by atoms with Gasteiger partial charge in [0.2, 0.25) is 21.8 Å². The Balaban J connectivity index is 1.12. The fourth-order valence-corrected chi connectivity index (χ4v) is 11.5. The van der Waals surface area contributed by atoms with Crippen LogP contribution in [0.1, 0.15) is 115 Å². The monoisotopic (exact) mass is 773 g/mol. The zero-order chi connectivity index (χ0) is 38.3. The number of carbonyl (C=O) groups excluding carboxylic acids is 4. The number of allylic oxidation sites excluding steroid dienone is 1. The van der Waals surface area contributed by atoms with Crippen LogP contribution in [0.4, 0.5) is 0 Å². The second-order valence-electron chi connectivity index (χ2n) is 17.3. The van der Waals surface area contributed by atoms with Crippen molar-refractivity contribution < 1.29 is 37.1 Å². The molecule has 12 heteroatoms. The SMILES string of the molecule is C=C[C@@H]1C[C@]1(CC(=O)[C@@H]1C[C@@H]2CN1C(=O)[C@H](C1CCCC1)CC(=O)O[C@@H]1CCC[C@H]1CCCCCc1nc3ccccc3cc1O2)C(=O)NS(=O)(=O)C1CC1. The summed E-state index contributed by atoms with van der Waals surface area (Å²) in [6.07, 6.45) is 13.4. The number of aromatic nitrogens is 1. The van der Waals surface area contributed by atoms with Gasteiger partial charge in [-0.05, 0) is 101 Å². The second-order valence-corrected chi connectivity index (χ2v) is 19.3. The lowest BCUT2D eigenvalue weighted by molar-refractivity contribution is -0.156. The van der Waals surface area contributed by atoms with Gasteiger partial charge >= 0.3 is 5.97 Å². The molecule has 55 heavy (non-hydrogen) atoms. The zero-order valence-electron chi connectivity index (χ0n) is 31.8. The maximum absolute atomic E-state index is 14.9. The van der Waals surface area contributed by atoms with Crippen LogP contribution in [-0.2, 0) is 40.4 Å². The highest BCUT2D eigenvalue weighted by Crippen LogP contribution is 2.57. The summed E-state index contributed by atoms with van der Waals surface area (Å²) in [4.78, 5) is 63.5. The molecule has 5 fully saturated rings. The quantitative estimate of drug-likeness (QED) is 0.239. The average molecular weight is 774 g/mol. The fraction of sp³-hybridized carbons (Fsp3) is 0.651. The lowest BCUT2D eigenvalue weighted by Crippen LogP contribution is -2.47. The standard InChI is InChI=1S/C43H55N3O8S/c1-2-30-24-43(30,42(50)45-55(51,52)32-19-20-32)25-37(47)36-22-31-26-46(36)41(49)33(27-11-6-7-12-27)23-40(48)54-38-18-10-15-28(38)13-4-3-5-17-35-39(53-31)21-29-14-8-9-16-34(29)44-35/h2,8-9,14,16,21,27-28,30-33,36,38H,1,3-7,10-13,15,17-20,22-26H2,(H,45,50)/t28-,30-,31-,33+,36+,38-,43-/m1/s1. The van der Waals surface area contributed by atoms with E-state index >= 15 is 0 Å². The van der Waals surface area contributed by atoms with Crippen molar-refractivity contribution in [3.63, 3.8) is 0 Å². The number of rotatable bonds is 8. The van der Waals surface area contributed by atoms with Crippen molar-refractivity contribution in [2.45, 2.75) is 139 Å². The van der Waals surface area contributed by atoms with E-state index in [2.05, 4.69) is 11.3 Å². The summed E-state index contributed by atoms with van der Waals surface area (Å²) < 4.78 is 40.8. The summed E-state index contributed by atoms with van der Waals surface area (Å²) in [6.45, 7) is 4.01. The molecule has 296 valence electrons. The number of para-hydroxylation sites is 1. The minimum absolute atomic E-state index is 0.00430. The molecule has 2 bridgehead atoms. The van der Waals surface area contributed by atoms with Crippen molar-refractivity contribution >= 4 is 44.5 Å². The number of sulfonamides is 1. The Morgan fingerprint density at radius 3 is 2.45 bits per heavy atom. The molecule has 2 aliphatic heterocycles. The number of ketones is 1. The van der Waals surface area contributed by atoms with E-state index in [4.69, 9.17) is 14.5 Å². The van der Waals surface area contributed by atoms with Gasteiger partial charge in [0.1, 0.15) is 18.0 Å². The van der Waals surface area contributed by atoms with Crippen LogP contribution in [-0.4, -0.2) is 71.9 Å². The molecular formula is C43H55N3O8S. The molecule has 7 atom stereocenters. The number of nitrogens with one attached hydrogen (secondary N) is 1. The van der Waals surface area contributed by atoms with E-state index in [0.29, 0.717) is 30.9 Å². The largest absolute Gasteiger partial charge is 0.487 e. The first-order chi connectivity index (χ1) is 26.5. The van der Waals surface area contributed by atoms with Gasteiger partial charge in [0.25, 0.3) is 0 Å². The third-order valence-corrected chi connectivity index (χ3v) is 15.4. The first-order valence-corrected chi connectivity index (χ1v) is 22.4. The molecule has 0 spiro atoms. The van der Waals surface area contributed by atoms with Crippen LogP contribution < -0.4 is 9.46 Å². The number of esters is 1. The number of fused-ring (bicyclic) bond motifs is 5. The lowest BCUT2D eigenvalue weighted by Gasteiger charge is -2.31. The molecule has 0 unspecified atom stereocenters. The Bertz CT molecular complexity index is 1940. The van der Waals surface area contributed by atoms with E-state index in [-0.39, 0.29) is 61.4 Å². The van der Waals surface area contributed by atoms with Gasteiger partial charge in [0.05, 0.1) is 46.8 Å². The molecule has 8 rings (SSSR count). The summed E-state index contributed by atoms with van der Waals surface area (Å²) in [5.41, 5.74) is 0.484. The van der Waals surface area contributed by atoms with Crippen LogP contribution in [0.5, 0.6) is 5.75 Å². The van der Waals surface area contributed by atoms with Gasteiger partial charge in [-0.25, -0.2) is 13.4 Å². The van der Waals surface area contributed by atoms with Crippen LogP contribution in [0.25, 0.3) is 10.9 Å². The van der Waals surface area contributed by atoms with Gasteiger partial charge in [-0.15, -0.1) is 6.58 Å². The van der Waals surface area contributed by atoms with Crippen molar-refractivity contribution in [3.8, 4) is 5.75 Å². The Morgan fingerprint density at radius 1 is 0.945 bits per heavy atom. The Labute approximate surface area is 324 Å². The summed E-state index contributed by atoms with van der Waals surface area (Å²) in [7, 11) is -3.83. The number of nitrogens with zero attached hydrogens (tertiary/aromatic N) is 2. The Kier molecular flexibility index (Phi) is 10.8. The molecule has 6 aliphatic rings. The topological polar surface area (TPSA) is 149 Å². The minimum atomic E-state index is -3.83. The number of ether oxygens (including phenoxy) is 2. The second kappa shape index (κ2) is 15.6. The Hall–Kier alpha value is -3.80. The number of hydrogen-bond donors (Lipinski definition) is 1. The zero-order valence-corrected chi connectivity index (χ0v) is 32.6. The van der Waals surface area contributed by atoms with Crippen molar-refractivity contribution in [1.29, 1.82) is 0 Å². The molecule has 1 N–H and O–H groups in total. The average Bonchev–Trinajstić information content (AvgIpc) is 3.95. The van der Waals surface area contributed by atoms with E-state index in [9.17, 15) is 27.6 Å². The molecule has 3 heterocycles. The van der Waals surface area contributed by atoms with Crippen LogP contribution in [0.3, 0.4) is 0 Å². The van der Waals surface area contributed by atoms with E-state index < -0.39 is 44.7 Å². The van der Waals surface area contributed by atoms with Crippen molar-refractivity contribution in [3.05, 3.63) is 48.7 Å². The highest BCUT2D eigenvalue weighted by Gasteiger charge is 2.61. The van der Waals surface area contributed by atoms with E-state index in [0.717, 1.165) is 93.6 Å². The Morgan fingerprint density at radius 2 is 1.69 bits per heavy atom. The molecule has 1 aromatic heterocycles. The van der Waals surface area contributed by atoms with E-state index in [1.165, 1.54) is 0 Å². The molecule has 4 aliphatic carbocycles. The molecular weight excluding hydrogens is 719 g/mol. The maximum atomic E-state index is 14.9. The van der Waals surface area contributed by atoms with E-state index in [1.54, 1.807) is 11.0 Å². The molecule has 4 saturated carbocycles. The van der Waals surface area contributed by atoms with Gasteiger partial charge in [-0.2, -0.15) is 0 Å². The number of pyridine rings is 1. The number of amides is 2. The molecule has 2 aromatic rings. The van der Waals surface area contributed by atoms with Gasteiger partial charge in [-0.3, -0.25) is 23.9 Å². The van der Waals surface area contributed by atoms with Gasteiger partial charge in [0, 0.05) is 18.2 Å². The third-order valence-electron chi connectivity index (χ3n) is 13.6. The molecule has 11 nitrogen and oxygen atoms in total. The number of Topliss-reactive ketones (excluding diaryl/α,β-unsaturated/α-hetero) is 1. The highest BCUT2D eigenvalue weighted by atomic mass is 32.2. The predicted octanol–water partition coefficient (Wildman–Crippen LogP) is 6.37. The van der Waals surface area contributed by atoms with Crippen molar-refractivity contribution in [1.82, 2.24) is 14.6 Å². The normalized spacial score (nSPS) is 32.1. The highest BCUT2D eigenvalue weighted by molar-refractivity contribution is 7.90. The summed E-state index contributed by atoms with van der Waals surface area (Å²) in [5.74, 6) is -1.63. The van der Waals surface area contributed by atoms with Gasteiger partial charge in [-0.1, -0.05) is 50.0 Å². The van der Waals surface area contributed by atoms with Crippen molar-refractivity contribution in [2.75, 3.05) is 6.54 Å². The fourth-order valence-electron chi connectivity index (χ4n) is 10.1. The van der Waals surface area contributed by atoms with Crippen LogP contribution in [0, 0.1) is 29.1 Å². The van der Waals surface area contributed by atoms with Crippen molar-refractivity contribution in [2.24, 2.45) is 29.1 Å². The maximum Gasteiger partial charge on any atom is 0.306 e. The van der Waals surface area contributed by atoms with E-state index in [1.807, 2.05) is 30.3 Å². The van der Waals surface area contributed by atoms with Crippen LogP contribution >= 0.6 is 0 Å². The molecule has 1 aromatic carbocycles. The lowest BCUT2D eigenvalue weighted by atomic mass is 9.86. The van der Waals surface area contributed by atoms with Crippen LogP contribution in [0.15, 0.2) is 43.0 Å². The smallest absolute Gasteiger partial charge is 0.306 e. The number of benzene rings is 1. The van der Waals surface area contributed by atoms with Gasteiger partial charge in [0.15, 0.2) is 5.78 Å². The summed E-state index contributed by atoms with van der Waals surface area (Å²) in [5, 5.41) is 0.352. The number of hydrogen-bond acceptors (Lipinski definition) is 9. The molecule has 2 amide bonds. The summed E-state index contributed by atoms with van der Waals surface area (Å²) in [6, 6.07) is 9.02. The number of carbonyl (C=O) groups is 4. The first kappa shape index (κ1) is 38.1. The molecule has 0 radical (unpaired) electrons. The van der Waals surface area contributed by atoms with Gasteiger partial charge < -0.3 is 14.4 Å². The third kappa shape index (κ3) is 8.07. The summed E-state index contributed by atoms with van der Waals surface area (Å²) >= 11 is 0. The molecule has 1 saturated heterocycles. The first-order valence-electron chi connectivity index (χ1n) is 20.8. The predicted molar refractivity (Wildman–Crippen MR) is 206 cm³/mol. The van der Waals surface area contributed by atoms with Crippen LogP contribution in [0.2, 0.25) is 0 Å². The minimum Gasteiger partial charge on any atom is -0.487 e.